The van der Waals surface area contributed by atoms with Gasteiger partial charge in [-0.05, 0) is 25.0 Å². The van der Waals surface area contributed by atoms with Crippen LogP contribution in [0, 0.1) is 5.92 Å². The average Bonchev–Trinajstić information content (AvgIpc) is 2.44. The van der Waals surface area contributed by atoms with E-state index in [9.17, 15) is 18.0 Å². The van der Waals surface area contributed by atoms with Crippen LogP contribution in [0.2, 0.25) is 0 Å². The molecule has 0 aliphatic carbocycles. The van der Waals surface area contributed by atoms with Crippen molar-refractivity contribution in [1.82, 2.24) is 5.32 Å². The first-order chi connectivity index (χ1) is 9.72. The molecule has 0 spiro atoms. The molecule has 1 aromatic carbocycles. The van der Waals surface area contributed by atoms with E-state index in [0.717, 1.165) is 12.5 Å². The Hall–Kier alpha value is -1.76. The summed E-state index contributed by atoms with van der Waals surface area (Å²) < 4.78 is 38.7. The van der Waals surface area contributed by atoms with Crippen LogP contribution in [0.3, 0.4) is 0 Å². The van der Waals surface area contributed by atoms with Gasteiger partial charge in [0.2, 0.25) is 0 Å². The number of carbonyl (C=O) groups is 1. The molecule has 2 atom stereocenters. The largest absolute Gasteiger partial charge is 0.418 e. The number of nitrogens with one attached hydrogen (secondary N) is 2. The third-order valence-corrected chi connectivity index (χ3v) is 3.62. The quantitative estimate of drug-likeness (QED) is 0.578. The van der Waals surface area contributed by atoms with Crippen molar-refractivity contribution in [3.63, 3.8) is 0 Å². The lowest BCUT2D eigenvalue weighted by Gasteiger charge is -2.21. The maximum absolute atomic E-state index is 12.9. The molecule has 0 aliphatic rings. The number of alkyl halides is 3. The third-order valence-electron chi connectivity index (χ3n) is 3.62. The molecule has 7 heteroatoms. The number of amides is 1. The molecule has 118 valence electrons. The first-order valence-electron chi connectivity index (χ1n) is 6.70. The lowest BCUT2D eigenvalue weighted by molar-refractivity contribution is -0.137. The molecule has 0 bridgehead atoms. The summed E-state index contributed by atoms with van der Waals surface area (Å²) in [4.78, 5) is 12.2. The van der Waals surface area contributed by atoms with E-state index in [1.807, 2.05) is 26.2 Å². The van der Waals surface area contributed by atoms with E-state index in [1.165, 1.54) is 12.1 Å². The summed E-state index contributed by atoms with van der Waals surface area (Å²) in [7, 11) is 0. The number of hydrogen-bond donors (Lipinski definition) is 3. The van der Waals surface area contributed by atoms with Crippen LogP contribution in [0.4, 0.5) is 18.9 Å². The maximum atomic E-state index is 12.9. The van der Waals surface area contributed by atoms with Gasteiger partial charge in [-0.2, -0.15) is 13.2 Å². The highest BCUT2D eigenvalue weighted by atomic mass is 19.4. The second-order valence-electron chi connectivity index (χ2n) is 5.02. The van der Waals surface area contributed by atoms with Gasteiger partial charge in [-0.1, -0.05) is 26.3 Å². The molecule has 0 radical (unpaired) electrons. The average molecular weight is 303 g/mol. The Morgan fingerprint density at radius 2 is 1.95 bits per heavy atom. The van der Waals surface area contributed by atoms with Gasteiger partial charge in [0.05, 0.1) is 16.8 Å². The fraction of sp³-hybridized carbons (Fsp3) is 0.500. The Balaban J connectivity index is 3.11. The zero-order valence-corrected chi connectivity index (χ0v) is 12.2. The van der Waals surface area contributed by atoms with Gasteiger partial charge >= 0.3 is 6.18 Å². The topological polar surface area (TPSA) is 67.2 Å². The molecule has 2 unspecified atom stereocenters. The fourth-order valence-corrected chi connectivity index (χ4v) is 1.91. The van der Waals surface area contributed by atoms with E-state index < -0.39 is 23.3 Å². The number of carbonyl (C=O) groups excluding carboxylic acids is 1. The molecule has 1 aromatic rings. The Morgan fingerprint density at radius 3 is 2.43 bits per heavy atom. The summed E-state index contributed by atoms with van der Waals surface area (Å²) in [5.41, 5.74) is 0.483. The molecule has 0 saturated carbocycles. The molecule has 1 rings (SSSR count). The number of hydrazine groups is 1. The van der Waals surface area contributed by atoms with Crippen LogP contribution in [0.5, 0.6) is 0 Å². The summed E-state index contributed by atoms with van der Waals surface area (Å²) in [5, 5.41) is 2.70. The van der Waals surface area contributed by atoms with E-state index in [1.54, 1.807) is 0 Å². The zero-order chi connectivity index (χ0) is 16.2. The Bertz CT molecular complexity index is 503. The number of halogens is 3. The van der Waals surface area contributed by atoms with Crippen molar-refractivity contribution < 1.29 is 18.0 Å². The monoisotopic (exact) mass is 303 g/mol. The molecular formula is C14H20F3N3O. The van der Waals surface area contributed by atoms with Crippen molar-refractivity contribution in [3.8, 4) is 0 Å². The number of nitrogens with two attached hydrogens (primary N) is 1. The second-order valence-corrected chi connectivity index (χ2v) is 5.02. The van der Waals surface area contributed by atoms with Gasteiger partial charge in [0.1, 0.15) is 0 Å². The van der Waals surface area contributed by atoms with Crippen molar-refractivity contribution >= 4 is 11.6 Å². The number of rotatable bonds is 5. The first kappa shape index (κ1) is 17.3. The van der Waals surface area contributed by atoms with E-state index in [-0.39, 0.29) is 17.5 Å². The lowest BCUT2D eigenvalue weighted by Crippen LogP contribution is -2.37. The Kier molecular flexibility index (Phi) is 5.60. The number of nitrogen functional groups attached to an aromatic ring is 1. The van der Waals surface area contributed by atoms with Crippen molar-refractivity contribution in [3.05, 3.63) is 29.3 Å². The predicted molar refractivity (Wildman–Crippen MR) is 75.6 cm³/mol. The van der Waals surface area contributed by atoms with Crippen LogP contribution in [0.1, 0.15) is 43.1 Å². The van der Waals surface area contributed by atoms with Gasteiger partial charge < -0.3 is 10.7 Å². The van der Waals surface area contributed by atoms with Gasteiger partial charge in [-0.25, -0.2) is 0 Å². The lowest BCUT2D eigenvalue weighted by atomic mass is 10.00. The van der Waals surface area contributed by atoms with Gasteiger partial charge in [0.15, 0.2) is 0 Å². The van der Waals surface area contributed by atoms with E-state index in [2.05, 4.69) is 5.32 Å². The van der Waals surface area contributed by atoms with Crippen LogP contribution >= 0.6 is 0 Å². The van der Waals surface area contributed by atoms with Crippen molar-refractivity contribution in [2.24, 2.45) is 11.8 Å². The summed E-state index contributed by atoms with van der Waals surface area (Å²) in [6.45, 7) is 5.75. The van der Waals surface area contributed by atoms with E-state index in [4.69, 9.17) is 5.84 Å². The van der Waals surface area contributed by atoms with E-state index >= 15 is 0 Å². The zero-order valence-electron chi connectivity index (χ0n) is 12.2. The highest BCUT2D eigenvalue weighted by Crippen LogP contribution is 2.36. The standard InChI is InChI=1S/C14H20F3N3O/c1-4-8(2)9(3)19-13(21)10-6-5-7-11(12(10)20-18)14(15,16)17/h5-9,20H,4,18H2,1-3H3,(H,19,21). The summed E-state index contributed by atoms with van der Waals surface area (Å²) in [5.74, 6) is 4.81. The Morgan fingerprint density at radius 1 is 1.33 bits per heavy atom. The fourth-order valence-electron chi connectivity index (χ4n) is 1.91. The van der Waals surface area contributed by atoms with E-state index in [0.29, 0.717) is 0 Å². The van der Waals surface area contributed by atoms with Gasteiger partial charge in [-0.15, -0.1) is 0 Å². The van der Waals surface area contributed by atoms with Crippen molar-refractivity contribution in [2.75, 3.05) is 5.43 Å². The molecule has 1 amide bonds. The number of para-hydroxylation sites is 1. The minimum absolute atomic E-state index is 0.123. The normalized spacial score (nSPS) is 14.4. The minimum Gasteiger partial charge on any atom is -0.349 e. The molecule has 0 heterocycles. The maximum Gasteiger partial charge on any atom is 0.418 e. The second kappa shape index (κ2) is 6.80. The highest BCUT2D eigenvalue weighted by molar-refractivity contribution is 6.00. The third kappa shape index (κ3) is 4.10. The molecule has 0 aromatic heterocycles. The van der Waals surface area contributed by atoms with Gasteiger partial charge in [0, 0.05) is 6.04 Å². The summed E-state index contributed by atoms with van der Waals surface area (Å²) in [6, 6.07) is 3.22. The SMILES string of the molecule is CCC(C)C(C)NC(=O)c1cccc(C(F)(F)F)c1NN. The first-order valence-corrected chi connectivity index (χ1v) is 6.70. The highest BCUT2D eigenvalue weighted by Gasteiger charge is 2.35. The predicted octanol–water partition coefficient (Wildman–Crippen LogP) is 3.16. The smallest absolute Gasteiger partial charge is 0.349 e. The molecular weight excluding hydrogens is 283 g/mol. The molecule has 21 heavy (non-hydrogen) atoms. The molecule has 0 saturated heterocycles. The summed E-state index contributed by atoms with van der Waals surface area (Å²) >= 11 is 0. The van der Waals surface area contributed by atoms with Crippen LogP contribution in [0.25, 0.3) is 0 Å². The molecule has 0 aliphatic heterocycles. The molecule has 0 fully saturated rings. The molecule has 4 N–H and O–H groups in total. The number of benzene rings is 1. The van der Waals surface area contributed by atoms with Crippen LogP contribution in [-0.2, 0) is 6.18 Å². The van der Waals surface area contributed by atoms with Crippen LogP contribution in [0.15, 0.2) is 18.2 Å². The summed E-state index contributed by atoms with van der Waals surface area (Å²) in [6.07, 6.45) is -3.73. The van der Waals surface area contributed by atoms with Gasteiger partial charge in [-0.3, -0.25) is 10.6 Å². The van der Waals surface area contributed by atoms with Crippen LogP contribution < -0.4 is 16.6 Å². The van der Waals surface area contributed by atoms with Crippen molar-refractivity contribution in [2.45, 2.75) is 39.4 Å². The minimum atomic E-state index is -4.58. The van der Waals surface area contributed by atoms with Crippen molar-refractivity contribution in [1.29, 1.82) is 0 Å². The van der Waals surface area contributed by atoms with Crippen LogP contribution in [-0.4, -0.2) is 11.9 Å². The number of hydrogen-bond acceptors (Lipinski definition) is 3. The Labute approximate surface area is 121 Å². The number of anilines is 1. The van der Waals surface area contributed by atoms with Gasteiger partial charge in [0.25, 0.3) is 5.91 Å². The molecule has 4 nitrogen and oxygen atoms in total.